The number of hydrogen-bond donors (Lipinski definition) is 2. The van der Waals surface area contributed by atoms with Crippen LogP contribution in [0.5, 0.6) is 0 Å². The first kappa shape index (κ1) is 26.8. The molecule has 204 valence electrons. The normalized spacial score (nSPS) is 25.1. The molecule has 5 nitrogen and oxygen atoms in total. The van der Waals surface area contributed by atoms with E-state index in [0.29, 0.717) is 6.04 Å². The second-order valence-corrected chi connectivity index (χ2v) is 12.0. The number of nitrogens with two attached hydrogens (primary N) is 2. The number of allylic oxidation sites excluding steroid dienone is 5. The molecule has 1 fully saturated rings. The Morgan fingerprint density at radius 2 is 1.87 bits per heavy atom. The van der Waals surface area contributed by atoms with Crippen molar-refractivity contribution >= 4 is 11.3 Å². The van der Waals surface area contributed by atoms with Crippen LogP contribution in [0.4, 0.5) is 0 Å². The van der Waals surface area contributed by atoms with Crippen LogP contribution in [0.1, 0.15) is 81.9 Å². The van der Waals surface area contributed by atoms with Gasteiger partial charge >= 0.3 is 0 Å². The molecule has 38 heavy (non-hydrogen) atoms. The van der Waals surface area contributed by atoms with Gasteiger partial charge in [-0.1, -0.05) is 55.7 Å². The van der Waals surface area contributed by atoms with E-state index in [1.807, 2.05) is 11.9 Å². The largest absolute Gasteiger partial charge is 0.401 e. The van der Waals surface area contributed by atoms with Gasteiger partial charge in [0.1, 0.15) is 0 Å². The zero-order chi connectivity index (χ0) is 26.8. The highest BCUT2D eigenvalue weighted by Crippen LogP contribution is 2.34. The molecular formula is C33H47N5. The van der Waals surface area contributed by atoms with Crippen LogP contribution in [-0.4, -0.2) is 53.6 Å². The van der Waals surface area contributed by atoms with Gasteiger partial charge in [0, 0.05) is 55.7 Å². The second-order valence-electron chi connectivity index (χ2n) is 12.0. The minimum Gasteiger partial charge on any atom is -0.401 e. The zero-order valence-corrected chi connectivity index (χ0v) is 23.8. The summed E-state index contributed by atoms with van der Waals surface area (Å²) in [5.41, 5.74) is 17.3. The van der Waals surface area contributed by atoms with Gasteiger partial charge in [-0.25, -0.2) is 5.84 Å². The minimum atomic E-state index is 0.331. The molecular weight excluding hydrogens is 466 g/mol. The Kier molecular flexibility index (Phi) is 8.15. The number of benzene rings is 1. The van der Waals surface area contributed by atoms with Crippen LogP contribution in [0.25, 0.3) is 11.3 Å². The lowest BCUT2D eigenvalue weighted by atomic mass is 9.88. The lowest BCUT2D eigenvalue weighted by Crippen LogP contribution is -2.41. The SMILES string of the molecule is C=C1C=C(N(C)C2CCN(N)/C(=C(/C)N)c3ccc(C4=CCN(C5CCCCC5)CC4)cc3C2)C=C(C)C1. The van der Waals surface area contributed by atoms with E-state index in [1.165, 1.54) is 77.8 Å². The first-order valence-electron chi connectivity index (χ1n) is 14.6. The maximum absolute atomic E-state index is 6.64. The van der Waals surface area contributed by atoms with Crippen LogP contribution in [0, 0.1) is 0 Å². The summed E-state index contributed by atoms with van der Waals surface area (Å²) in [4.78, 5) is 5.15. The Hall–Kier alpha value is -2.76. The minimum absolute atomic E-state index is 0.331. The summed E-state index contributed by atoms with van der Waals surface area (Å²) in [5, 5.41) is 1.87. The summed E-state index contributed by atoms with van der Waals surface area (Å²) in [6, 6.07) is 8.09. The predicted molar refractivity (Wildman–Crippen MR) is 161 cm³/mol. The van der Waals surface area contributed by atoms with Crippen LogP contribution in [0.3, 0.4) is 0 Å². The van der Waals surface area contributed by atoms with E-state index in [0.717, 1.165) is 56.2 Å². The van der Waals surface area contributed by atoms with Crippen molar-refractivity contribution in [2.24, 2.45) is 11.6 Å². The number of fused-ring (bicyclic) bond motifs is 1. The van der Waals surface area contributed by atoms with E-state index in [1.54, 1.807) is 0 Å². The van der Waals surface area contributed by atoms with Gasteiger partial charge < -0.3 is 15.6 Å². The Bertz CT molecular complexity index is 1180. The summed E-state index contributed by atoms with van der Waals surface area (Å²) in [6.45, 7) is 11.4. The Morgan fingerprint density at radius 3 is 2.55 bits per heavy atom. The number of likely N-dealkylation sites (N-methyl/N-ethyl adjacent to an activating group) is 1. The van der Waals surface area contributed by atoms with E-state index in [2.05, 4.69) is 66.8 Å². The summed E-state index contributed by atoms with van der Waals surface area (Å²) >= 11 is 0. The molecule has 2 heterocycles. The van der Waals surface area contributed by atoms with Gasteiger partial charge in [0.25, 0.3) is 0 Å². The summed E-state index contributed by atoms with van der Waals surface area (Å²) in [7, 11) is 2.22. The molecule has 5 rings (SSSR count). The molecule has 2 aliphatic carbocycles. The Labute approximate surface area is 230 Å². The average Bonchev–Trinajstić information content (AvgIpc) is 2.90. The summed E-state index contributed by atoms with van der Waals surface area (Å²) in [6.07, 6.45) is 18.0. The van der Waals surface area contributed by atoms with E-state index < -0.39 is 0 Å². The number of rotatable bonds is 4. The molecule has 0 saturated heterocycles. The van der Waals surface area contributed by atoms with Crippen molar-refractivity contribution in [1.82, 2.24) is 14.8 Å². The third-order valence-corrected chi connectivity index (χ3v) is 9.09. The van der Waals surface area contributed by atoms with Crippen LogP contribution in [-0.2, 0) is 6.42 Å². The van der Waals surface area contributed by atoms with Crippen molar-refractivity contribution < 1.29 is 0 Å². The fourth-order valence-corrected chi connectivity index (χ4v) is 6.98. The van der Waals surface area contributed by atoms with Gasteiger partial charge in [0.15, 0.2) is 0 Å². The first-order chi connectivity index (χ1) is 18.3. The number of hydrazine groups is 1. The van der Waals surface area contributed by atoms with E-state index in [9.17, 15) is 0 Å². The molecule has 1 atom stereocenters. The zero-order valence-electron chi connectivity index (χ0n) is 23.8. The standard InChI is InChI=1S/C33H47N5/c1-23-18-24(2)20-31(19-23)36(4)30-14-17-38(35)33(25(3)34)32-11-10-27(21-28(32)22-30)26-12-15-37(16-13-26)29-8-6-5-7-9-29/h10-12,19-21,29-30H,1,5-9,13-18,22,34-35H2,2-4H3/b33-25-. The maximum Gasteiger partial charge on any atom is 0.0776 e. The first-order valence-corrected chi connectivity index (χ1v) is 14.6. The van der Waals surface area contributed by atoms with E-state index in [4.69, 9.17) is 11.6 Å². The van der Waals surface area contributed by atoms with Gasteiger partial charge in [-0.3, -0.25) is 4.90 Å². The molecule has 0 aromatic heterocycles. The van der Waals surface area contributed by atoms with Crippen LogP contribution in [0.2, 0.25) is 0 Å². The fourth-order valence-electron chi connectivity index (χ4n) is 6.98. The lowest BCUT2D eigenvalue weighted by molar-refractivity contribution is 0.171. The van der Waals surface area contributed by atoms with Crippen molar-refractivity contribution in [1.29, 1.82) is 0 Å². The fraction of sp³-hybridized carbons (Fsp3) is 0.515. The summed E-state index contributed by atoms with van der Waals surface area (Å²) in [5.74, 6) is 6.64. The van der Waals surface area contributed by atoms with Crippen LogP contribution >= 0.6 is 0 Å². The molecule has 0 spiro atoms. The molecule has 0 amide bonds. The van der Waals surface area contributed by atoms with Gasteiger partial charge in [0.2, 0.25) is 0 Å². The molecule has 0 bridgehead atoms. The van der Waals surface area contributed by atoms with Crippen LogP contribution < -0.4 is 11.6 Å². The maximum atomic E-state index is 6.64. The molecule has 4 N–H and O–H groups in total. The van der Waals surface area contributed by atoms with Crippen molar-refractivity contribution in [2.75, 3.05) is 26.7 Å². The van der Waals surface area contributed by atoms with E-state index in [-0.39, 0.29) is 0 Å². The highest BCUT2D eigenvalue weighted by atomic mass is 15.4. The lowest BCUT2D eigenvalue weighted by Gasteiger charge is -2.38. The molecule has 1 aromatic carbocycles. The smallest absolute Gasteiger partial charge is 0.0776 e. The number of hydrogen-bond acceptors (Lipinski definition) is 5. The average molecular weight is 514 g/mol. The Morgan fingerprint density at radius 1 is 1.08 bits per heavy atom. The monoisotopic (exact) mass is 513 g/mol. The van der Waals surface area contributed by atoms with Crippen LogP contribution in [0.15, 0.2) is 65.5 Å². The van der Waals surface area contributed by atoms with Crippen molar-refractivity contribution in [3.63, 3.8) is 0 Å². The molecule has 2 aliphatic heterocycles. The highest BCUT2D eigenvalue weighted by Gasteiger charge is 2.27. The van der Waals surface area contributed by atoms with Crippen molar-refractivity contribution in [2.45, 2.75) is 83.7 Å². The Balaban J connectivity index is 1.44. The van der Waals surface area contributed by atoms with Gasteiger partial charge in [-0.15, -0.1) is 0 Å². The third kappa shape index (κ3) is 5.79. The van der Waals surface area contributed by atoms with Gasteiger partial charge in [0.05, 0.1) is 5.70 Å². The quantitative estimate of drug-likeness (QED) is 0.486. The topological polar surface area (TPSA) is 61.8 Å². The van der Waals surface area contributed by atoms with Gasteiger partial charge in [-0.2, -0.15) is 0 Å². The highest BCUT2D eigenvalue weighted by molar-refractivity contribution is 5.74. The molecule has 5 heteroatoms. The predicted octanol–water partition coefficient (Wildman–Crippen LogP) is 5.97. The molecule has 1 saturated carbocycles. The molecule has 1 unspecified atom stereocenters. The number of nitrogens with zero attached hydrogens (tertiary/aromatic N) is 3. The summed E-state index contributed by atoms with van der Waals surface area (Å²) < 4.78 is 0. The molecule has 4 aliphatic rings. The second kappa shape index (κ2) is 11.5. The van der Waals surface area contributed by atoms with E-state index >= 15 is 0 Å². The molecule has 1 aromatic rings. The van der Waals surface area contributed by atoms with Crippen molar-refractivity contribution in [3.8, 4) is 0 Å². The van der Waals surface area contributed by atoms with Gasteiger partial charge in [-0.05, 0) is 86.8 Å². The third-order valence-electron chi connectivity index (χ3n) is 9.09. The molecule has 0 radical (unpaired) electrons. The van der Waals surface area contributed by atoms with Crippen molar-refractivity contribution in [3.05, 3.63) is 82.2 Å².